The summed E-state index contributed by atoms with van der Waals surface area (Å²) >= 11 is 3.21. The van der Waals surface area contributed by atoms with Crippen LogP contribution in [0.2, 0.25) is 0 Å². The maximum Gasteiger partial charge on any atom is 0.226 e. The van der Waals surface area contributed by atoms with Gasteiger partial charge in [-0.15, -0.1) is 11.3 Å². The first-order valence-corrected chi connectivity index (χ1v) is 11.0. The summed E-state index contributed by atoms with van der Waals surface area (Å²) in [6.07, 6.45) is 1.92. The highest BCUT2D eigenvalue weighted by Crippen LogP contribution is 2.25. The van der Waals surface area contributed by atoms with Gasteiger partial charge < -0.3 is 14.5 Å². The summed E-state index contributed by atoms with van der Waals surface area (Å²) in [7, 11) is 0. The minimum atomic E-state index is -0.0355. The van der Waals surface area contributed by atoms with E-state index in [9.17, 15) is 4.79 Å². The first-order chi connectivity index (χ1) is 14.3. The molecule has 0 saturated heterocycles. The molecule has 0 aliphatic rings. The van der Waals surface area contributed by atoms with E-state index in [0.29, 0.717) is 19.8 Å². The van der Waals surface area contributed by atoms with Gasteiger partial charge in [-0.3, -0.25) is 4.79 Å². The van der Waals surface area contributed by atoms with Gasteiger partial charge in [-0.2, -0.15) is 11.3 Å². The average molecular weight is 425 g/mol. The van der Waals surface area contributed by atoms with Crippen molar-refractivity contribution in [3.05, 3.63) is 87.4 Å². The minimum absolute atomic E-state index is 0.0355. The van der Waals surface area contributed by atoms with Crippen LogP contribution >= 0.6 is 22.7 Å². The van der Waals surface area contributed by atoms with Crippen molar-refractivity contribution in [2.24, 2.45) is 0 Å². The number of benzene rings is 1. The van der Waals surface area contributed by atoms with E-state index >= 15 is 0 Å². The van der Waals surface area contributed by atoms with Crippen molar-refractivity contribution in [1.29, 1.82) is 0 Å². The number of ether oxygens (including phenoxy) is 1. The van der Waals surface area contributed by atoms with Gasteiger partial charge in [0.25, 0.3) is 0 Å². The van der Waals surface area contributed by atoms with Gasteiger partial charge in [0, 0.05) is 22.9 Å². The van der Waals surface area contributed by atoms with Crippen LogP contribution in [0.25, 0.3) is 10.6 Å². The quantitative estimate of drug-likeness (QED) is 0.409. The van der Waals surface area contributed by atoms with Gasteiger partial charge in [0.15, 0.2) is 0 Å². The number of nitrogens with one attached hydrogen (secondary N) is 1. The van der Waals surface area contributed by atoms with E-state index in [4.69, 9.17) is 9.15 Å². The van der Waals surface area contributed by atoms with Crippen LogP contribution in [-0.4, -0.2) is 10.9 Å². The van der Waals surface area contributed by atoms with Crippen molar-refractivity contribution in [1.82, 2.24) is 10.3 Å². The molecule has 4 rings (SSSR count). The first kappa shape index (κ1) is 19.6. The number of nitrogens with zero attached hydrogens (tertiary/aromatic N) is 1. The summed E-state index contributed by atoms with van der Waals surface area (Å²) in [4.78, 5) is 16.8. The van der Waals surface area contributed by atoms with Crippen LogP contribution < -0.4 is 5.32 Å². The van der Waals surface area contributed by atoms with Crippen molar-refractivity contribution in [3.8, 4) is 10.6 Å². The van der Waals surface area contributed by atoms with Gasteiger partial charge in [0.05, 0.1) is 25.0 Å². The molecule has 0 saturated carbocycles. The molecule has 0 spiro atoms. The Hall–Kier alpha value is -2.74. The Balaban J connectivity index is 1.24. The Labute approximate surface area is 177 Å². The molecule has 0 bridgehead atoms. The lowest BCUT2D eigenvalue weighted by Crippen LogP contribution is -2.24. The van der Waals surface area contributed by atoms with E-state index < -0.39 is 0 Å². The highest BCUT2D eigenvalue weighted by molar-refractivity contribution is 7.14. The Morgan fingerprint density at radius 1 is 1.10 bits per heavy atom. The molecule has 3 heterocycles. The van der Waals surface area contributed by atoms with Crippen LogP contribution in [0, 0.1) is 0 Å². The number of rotatable bonds is 9. The van der Waals surface area contributed by atoms with Gasteiger partial charge in [-0.1, -0.05) is 24.3 Å². The molecular formula is C22H20N2O3S2. The second kappa shape index (κ2) is 9.65. The average Bonchev–Trinajstić information content (AvgIpc) is 3.49. The van der Waals surface area contributed by atoms with E-state index in [0.717, 1.165) is 33.2 Å². The highest BCUT2D eigenvalue weighted by atomic mass is 32.1. The van der Waals surface area contributed by atoms with Gasteiger partial charge in [-0.05, 0) is 34.7 Å². The van der Waals surface area contributed by atoms with E-state index in [1.165, 1.54) is 0 Å². The van der Waals surface area contributed by atoms with E-state index in [1.54, 1.807) is 28.9 Å². The fourth-order valence-corrected chi connectivity index (χ4v) is 4.36. The van der Waals surface area contributed by atoms with Crippen LogP contribution in [0.3, 0.4) is 0 Å². The molecular weight excluding hydrogens is 404 g/mol. The lowest BCUT2D eigenvalue weighted by molar-refractivity contribution is -0.120. The number of thiazole rings is 1. The third-order valence-electron chi connectivity index (χ3n) is 4.24. The van der Waals surface area contributed by atoms with Crippen LogP contribution in [-0.2, 0) is 35.7 Å². The molecule has 3 aromatic heterocycles. The highest BCUT2D eigenvalue weighted by Gasteiger charge is 2.09. The van der Waals surface area contributed by atoms with E-state index in [2.05, 4.69) is 15.7 Å². The maximum atomic E-state index is 12.3. The summed E-state index contributed by atoms with van der Waals surface area (Å²) in [5, 5.41) is 9.96. The molecule has 0 aliphatic heterocycles. The topological polar surface area (TPSA) is 64.4 Å². The second-order valence-electron chi connectivity index (χ2n) is 6.50. The van der Waals surface area contributed by atoms with Crippen molar-refractivity contribution in [3.63, 3.8) is 0 Å². The molecule has 5 nitrogen and oxygen atoms in total. The Morgan fingerprint density at radius 2 is 2.03 bits per heavy atom. The van der Waals surface area contributed by atoms with Crippen molar-refractivity contribution in [2.45, 2.75) is 26.2 Å². The largest absolute Gasteiger partial charge is 0.467 e. The predicted octanol–water partition coefficient (Wildman–Crippen LogP) is 5.04. The van der Waals surface area contributed by atoms with E-state index in [-0.39, 0.29) is 12.3 Å². The SMILES string of the molecule is O=C(Cc1csc(-c2ccsc2)n1)NCc1cccc(COCc2ccco2)c1. The second-order valence-corrected chi connectivity index (χ2v) is 8.14. The number of furan rings is 1. The number of amides is 1. The molecule has 148 valence electrons. The van der Waals surface area contributed by atoms with Gasteiger partial charge >= 0.3 is 0 Å². The van der Waals surface area contributed by atoms with E-state index in [1.807, 2.05) is 53.2 Å². The molecule has 0 unspecified atom stereocenters. The summed E-state index contributed by atoms with van der Waals surface area (Å²) in [5.41, 5.74) is 4.00. The number of carbonyl (C=O) groups is 1. The molecule has 0 radical (unpaired) electrons. The maximum absolute atomic E-state index is 12.3. The monoisotopic (exact) mass is 424 g/mol. The van der Waals surface area contributed by atoms with Crippen LogP contribution in [0.1, 0.15) is 22.6 Å². The van der Waals surface area contributed by atoms with Crippen molar-refractivity contribution < 1.29 is 13.9 Å². The number of hydrogen-bond acceptors (Lipinski definition) is 6. The molecule has 1 N–H and O–H groups in total. The van der Waals surface area contributed by atoms with Gasteiger partial charge in [0.1, 0.15) is 17.4 Å². The van der Waals surface area contributed by atoms with Gasteiger partial charge in [-0.25, -0.2) is 4.98 Å². The fraction of sp³-hybridized carbons (Fsp3) is 0.182. The summed E-state index contributed by atoms with van der Waals surface area (Å²) < 4.78 is 10.9. The molecule has 4 aromatic rings. The number of aromatic nitrogens is 1. The number of thiophene rings is 1. The van der Waals surface area contributed by atoms with Gasteiger partial charge in [0.2, 0.25) is 5.91 Å². The van der Waals surface area contributed by atoms with Crippen molar-refractivity contribution in [2.75, 3.05) is 0 Å². The third kappa shape index (κ3) is 5.63. The van der Waals surface area contributed by atoms with Crippen LogP contribution in [0.5, 0.6) is 0 Å². The zero-order valence-corrected chi connectivity index (χ0v) is 17.3. The number of carbonyl (C=O) groups excluding carboxylic acids is 1. The lowest BCUT2D eigenvalue weighted by atomic mass is 10.1. The molecule has 1 amide bonds. The minimum Gasteiger partial charge on any atom is -0.467 e. The van der Waals surface area contributed by atoms with Crippen LogP contribution in [0.15, 0.2) is 69.3 Å². The predicted molar refractivity (Wildman–Crippen MR) is 115 cm³/mol. The summed E-state index contributed by atoms with van der Waals surface area (Å²) in [6.45, 7) is 1.41. The summed E-state index contributed by atoms with van der Waals surface area (Å²) in [5.74, 6) is 0.768. The molecule has 0 fully saturated rings. The molecule has 0 atom stereocenters. The Kier molecular flexibility index (Phi) is 6.51. The first-order valence-electron chi connectivity index (χ1n) is 9.18. The zero-order chi connectivity index (χ0) is 19.9. The normalized spacial score (nSPS) is 10.9. The Bertz CT molecular complexity index is 1040. The molecule has 29 heavy (non-hydrogen) atoms. The smallest absolute Gasteiger partial charge is 0.226 e. The third-order valence-corrected chi connectivity index (χ3v) is 5.86. The number of hydrogen-bond donors (Lipinski definition) is 1. The zero-order valence-electron chi connectivity index (χ0n) is 15.7. The molecule has 0 aliphatic carbocycles. The standard InChI is InChI=1S/C22H20N2O3S2/c25-21(10-19-15-29-22(24-19)18-6-8-28-14-18)23-11-16-3-1-4-17(9-16)12-26-13-20-5-2-7-27-20/h1-9,14-15H,10-13H2,(H,23,25). The Morgan fingerprint density at radius 3 is 2.86 bits per heavy atom. The van der Waals surface area contributed by atoms with Crippen LogP contribution in [0.4, 0.5) is 0 Å². The molecule has 1 aromatic carbocycles. The lowest BCUT2D eigenvalue weighted by Gasteiger charge is -2.07. The summed E-state index contributed by atoms with van der Waals surface area (Å²) in [6, 6.07) is 13.8. The van der Waals surface area contributed by atoms with Crippen molar-refractivity contribution >= 4 is 28.6 Å². The molecule has 7 heteroatoms. The fourth-order valence-electron chi connectivity index (χ4n) is 2.83.